The molecular formula is C12H13FN2OS. The van der Waals surface area contributed by atoms with Crippen molar-refractivity contribution in [3.05, 3.63) is 46.7 Å². The summed E-state index contributed by atoms with van der Waals surface area (Å²) in [5.74, 6) is -0.282. The van der Waals surface area contributed by atoms with E-state index in [2.05, 4.69) is 4.98 Å². The molecule has 2 aromatic rings. The van der Waals surface area contributed by atoms with Crippen LogP contribution in [0.15, 0.2) is 30.5 Å². The van der Waals surface area contributed by atoms with Crippen LogP contribution in [0.4, 0.5) is 9.52 Å². The van der Waals surface area contributed by atoms with Crippen LogP contribution < -0.4 is 5.73 Å². The van der Waals surface area contributed by atoms with Crippen molar-refractivity contribution in [1.82, 2.24) is 4.98 Å². The molecule has 0 aliphatic heterocycles. The Morgan fingerprint density at radius 2 is 2.06 bits per heavy atom. The van der Waals surface area contributed by atoms with Gasteiger partial charge >= 0.3 is 0 Å². The number of aliphatic hydroxyl groups is 1. The SMILES string of the molecule is CC(O)(Cc1ccc(F)cc1)c1cnc(N)s1. The third kappa shape index (κ3) is 2.81. The molecule has 1 aromatic heterocycles. The van der Waals surface area contributed by atoms with E-state index in [1.54, 1.807) is 25.3 Å². The van der Waals surface area contributed by atoms with Crippen LogP contribution in [0.25, 0.3) is 0 Å². The van der Waals surface area contributed by atoms with Crippen molar-refractivity contribution in [3.8, 4) is 0 Å². The Labute approximate surface area is 103 Å². The summed E-state index contributed by atoms with van der Waals surface area (Å²) < 4.78 is 12.8. The van der Waals surface area contributed by atoms with Gasteiger partial charge in [0.1, 0.15) is 11.4 Å². The van der Waals surface area contributed by atoms with Crippen molar-refractivity contribution < 1.29 is 9.50 Å². The molecule has 1 heterocycles. The molecule has 0 bridgehead atoms. The third-order valence-electron chi connectivity index (χ3n) is 2.52. The van der Waals surface area contributed by atoms with Crippen LogP contribution >= 0.6 is 11.3 Å². The van der Waals surface area contributed by atoms with Crippen LogP contribution in [0, 0.1) is 5.82 Å². The average Bonchev–Trinajstić information content (AvgIpc) is 2.69. The topological polar surface area (TPSA) is 59.1 Å². The van der Waals surface area contributed by atoms with Gasteiger partial charge in [-0.05, 0) is 24.6 Å². The second-order valence-corrected chi connectivity index (χ2v) is 5.20. The lowest BCUT2D eigenvalue weighted by molar-refractivity contribution is 0.0612. The molecule has 17 heavy (non-hydrogen) atoms. The van der Waals surface area contributed by atoms with E-state index >= 15 is 0 Å². The number of anilines is 1. The summed E-state index contributed by atoms with van der Waals surface area (Å²) in [6.07, 6.45) is 1.97. The summed E-state index contributed by atoms with van der Waals surface area (Å²) in [7, 11) is 0. The summed E-state index contributed by atoms with van der Waals surface area (Å²) in [6.45, 7) is 1.70. The van der Waals surface area contributed by atoms with Gasteiger partial charge in [0.2, 0.25) is 0 Å². The molecule has 0 aliphatic carbocycles. The van der Waals surface area contributed by atoms with Crippen LogP contribution in [0.1, 0.15) is 17.4 Å². The zero-order valence-electron chi connectivity index (χ0n) is 9.35. The Balaban J connectivity index is 2.19. The number of aromatic nitrogens is 1. The summed E-state index contributed by atoms with van der Waals surface area (Å²) in [5.41, 5.74) is 5.36. The van der Waals surface area contributed by atoms with Crippen molar-refractivity contribution in [2.75, 3.05) is 5.73 Å². The summed E-state index contributed by atoms with van der Waals surface area (Å²) in [5, 5.41) is 10.8. The first-order valence-electron chi connectivity index (χ1n) is 5.16. The molecular weight excluding hydrogens is 239 g/mol. The van der Waals surface area contributed by atoms with E-state index in [9.17, 15) is 9.50 Å². The van der Waals surface area contributed by atoms with Gasteiger partial charge in [-0.25, -0.2) is 9.37 Å². The highest BCUT2D eigenvalue weighted by molar-refractivity contribution is 7.15. The second-order valence-electron chi connectivity index (χ2n) is 4.14. The molecule has 2 rings (SSSR count). The van der Waals surface area contributed by atoms with E-state index in [1.807, 2.05) is 0 Å². The normalized spacial score (nSPS) is 14.5. The van der Waals surface area contributed by atoms with Crippen LogP contribution in [0.5, 0.6) is 0 Å². The van der Waals surface area contributed by atoms with Crippen LogP contribution in [0.3, 0.4) is 0 Å². The van der Waals surface area contributed by atoms with Crippen molar-refractivity contribution >= 4 is 16.5 Å². The van der Waals surface area contributed by atoms with E-state index in [0.717, 1.165) is 5.56 Å². The monoisotopic (exact) mass is 252 g/mol. The maximum Gasteiger partial charge on any atom is 0.180 e. The van der Waals surface area contributed by atoms with E-state index in [-0.39, 0.29) is 5.82 Å². The molecule has 1 atom stereocenters. The summed E-state index contributed by atoms with van der Waals surface area (Å²) in [6, 6.07) is 6.08. The molecule has 1 unspecified atom stereocenters. The number of hydrogen-bond acceptors (Lipinski definition) is 4. The van der Waals surface area contributed by atoms with Gasteiger partial charge in [0.15, 0.2) is 5.13 Å². The Morgan fingerprint density at radius 1 is 1.41 bits per heavy atom. The standard InChI is InChI=1S/C12H13FN2OS/c1-12(16,10-7-15-11(14)17-10)6-8-2-4-9(13)5-3-8/h2-5,7,16H,6H2,1H3,(H2,14,15). The Morgan fingerprint density at radius 3 is 2.59 bits per heavy atom. The fraction of sp³-hybridized carbons (Fsp3) is 0.250. The first-order chi connectivity index (χ1) is 7.97. The Hall–Kier alpha value is -1.46. The fourth-order valence-corrected chi connectivity index (χ4v) is 2.35. The van der Waals surface area contributed by atoms with Gasteiger partial charge in [-0.1, -0.05) is 23.5 Å². The molecule has 0 saturated carbocycles. The number of nitrogens with zero attached hydrogens (tertiary/aromatic N) is 1. The highest BCUT2D eigenvalue weighted by atomic mass is 32.1. The molecule has 5 heteroatoms. The van der Waals surface area contributed by atoms with E-state index in [1.165, 1.54) is 23.5 Å². The lowest BCUT2D eigenvalue weighted by Gasteiger charge is -2.21. The fourth-order valence-electron chi connectivity index (χ4n) is 1.62. The maximum atomic E-state index is 12.8. The third-order valence-corrected chi connectivity index (χ3v) is 3.60. The number of halogens is 1. The summed E-state index contributed by atoms with van der Waals surface area (Å²) >= 11 is 1.26. The minimum atomic E-state index is -1.03. The quantitative estimate of drug-likeness (QED) is 0.881. The molecule has 0 saturated heterocycles. The number of nitrogens with two attached hydrogens (primary N) is 1. The van der Waals surface area contributed by atoms with Gasteiger partial charge in [-0.3, -0.25) is 0 Å². The summed E-state index contributed by atoms with van der Waals surface area (Å²) in [4.78, 5) is 4.62. The van der Waals surface area contributed by atoms with Crippen LogP contribution in [0.2, 0.25) is 0 Å². The lowest BCUT2D eigenvalue weighted by Crippen LogP contribution is -2.22. The predicted molar refractivity (Wildman–Crippen MR) is 66.2 cm³/mol. The van der Waals surface area contributed by atoms with Crippen molar-refractivity contribution in [3.63, 3.8) is 0 Å². The van der Waals surface area contributed by atoms with Gasteiger partial charge < -0.3 is 10.8 Å². The Bertz CT molecular complexity index is 507. The molecule has 90 valence electrons. The molecule has 3 nitrogen and oxygen atoms in total. The molecule has 0 fully saturated rings. The van der Waals surface area contributed by atoms with Crippen LogP contribution in [-0.4, -0.2) is 10.1 Å². The van der Waals surface area contributed by atoms with E-state index in [4.69, 9.17) is 5.73 Å². The maximum absolute atomic E-state index is 12.8. The van der Waals surface area contributed by atoms with Crippen LogP contribution in [-0.2, 0) is 12.0 Å². The molecule has 0 amide bonds. The highest BCUT2D eigenvalue weighted by Gasteiger charge is 2.26. The van der Waals surface area contributed by atoms with Gasteiger partial charge in [0, 0.05) is 12.6 Å². The minimum Gasteiger partial charge on any atom is -0.384 e. The lowest BCUT2D eigenvalue weighted by atomic mass is 9.95. The smallest absolute Gasteiger partial charge is 0.180 e. The van der Waals surface area contributed by atoms with Gasteiger partial charge in [-0.15, -0.1) is 0 Å². The highest BCUT2D eigenvalue weighted by Crippen LogP contribution is 2.30. The number of benzene rings is 1. The first kappa shape index (κ1) is 12.0. The van der Waals surface area contributed by atoms with Crippen molar-refractivity contribution in [2.24, 2.45) is 0 Å². The zero-order chi connectivity index (χ0) is 12.5. The Kier molecular flexibility index (Phi) is 3.13. The number of thiazole rings is 1. The minimum absolute atomic E-state index is 0.282. The van der Waals surface area contributed by atoms with Crippen molar-refractivity contribution in [1.29, 1.82) is 0 Å². The molecule has 3 N–H and O–H groups in total. The largest absolute Gasteiger partial charge is 0.384 e. The molecule has 0 aliphatic rings. The zero-order valence-corrected chi connectivity index (χ0v) is 10.2. The second kappa shape index (κ2) is 4.43. The number of nitrogen functional groups attached to an aromatic ring is 1. The predicted octanol–water partition coefficient (Wildman–Crippen LogP) is 2.31. The number of rotatable bonds is 3. The molecule has 0 spiro atoms. The van der Waals surface area contributed by atoms with E-state index < -0.39 is 5.60 Å². The van der Waals surface area contributed by atoms with Crippen molar-refractivity contribution in [2.45, 2.75) is 18.9 Å². The molecule has 1 aromatic carbocycles. The van der Waals surface area contributed by atoms with E-state index in [0.29, 0.717) is 16.4 Å². The average molecular weight is 252 g/mol. The number of hydrogen-bond donors (Lipinski definition) is 2. The van der Waals surface area contributed by atoms with Gasteiger partial charge in [-0.2, -0.15) is 0 Å². The van der Waals surface area contributed by atoms with Gasteiger partial charge in [0.05, 0.1) is 4.88 Å². The first-order valence-corrected chi connectivity index (χ1v) is 5.97. The van der Waals surface area contributed by atoms with Gasteiger partial charge in [0.25, 0.3) is 0 Å². The molecule has 0 radical (unpaired) electrons.